The van der Waals surface area contributed by atoms with Gasteiger partial charge < -0.3 is 10.1 Å². The van der Waals surface area contributed by atoms with Gasteiger partial charge in [0, 0.05) is 17.5 Å². The van der Waals surface area contributed by atoms with E-state index in [-0.39, 0.29) is 6.04 Å². The number of morpholine rings is 1. The van der Waals surface area contributed by atoms with E-state index in [9.17, 15) is 0 Å². The summed E-state index contributed by atoms with van der Waals surface area (Å²) < 4.78 is 5.45. The second-order valence-electron chi connectivity index (χ2n) is 4.34. The van der Waals surface area contributed by atoms with Gasteiger partial charge in [-0.15, -0.1) is 11.3 Å². The number of thiazole rings is 1. The van der Waals surface area contributed by atoms with Crippen molar-refractivity contribution in [1.29, 1.82) is 5.26 Å². The fourth-order valence-corrected chi connectivity index (χ4v) is 2.91. The highest BCUT2D eigenvalue weighted by molar-refractivity contribution is 7.10. The molecule has 96 valence electrons. The van der Waals surface area contributed by atoms with E-state index < -0.39 is 0 Å². The lowest BCUT2D eigenvalue weighted by Gasteiger charge is -2.21. The lowest BCUT2D eigenvalue weighted by molar-refractivity contribution is 0.0768. The van der Waals surface area contributed by atoms with Gasteiger partial charge >= 0.3 is 0 Å². The van der Waals surface area contributed by atoms with Crippen LogP contribution in [0.5, 0.6) is 0 Å². The number of hydrogen-bond donors (Lipinski definition) is 1. The molecule has 0 bridgehead atoms. The van der Waals surface area contributed by atoms with Crippen LogP contribution in [-0.4, -0.2) is 24.7 Å². The molecular formula is C14H13N3OS. The zero-order valence-corrected chi connectivity index (χ0v) is 11.1. The Bertz CT molecular complexity index is 594. The minimum absolute atomic E-state index is 0.200. The Morgan fingerprint density at radius 1 is 1.37 bits per heavy atom. The summed E-state index contributed by atoms with van der Waals surface area (Å²) >= 11 is 1.64. The summed E-state index contributed by atoms with van der Waals surface area (Å²) in [7, 11) is 0. The van der Waals surface area contributed by atoms with Crippen LogP contribution in [-0.2, 0) is 4.74 Å². The van der Waals surface area contributed by atoms with Gasteiger partial charge in [-0.2, -0.15) is 5.26 Å². The number of hydrogen-bond acceptors (Lipinski definition) is 5. The summed E-state index contributed by atoms with van der Waals surface area (Å²) in [4.78, 5) is 4.65. The van der Waals surface area contributed by atoms with E-state index in [2.05, 4.69) is 16.4 Å². The molecule has 0 aliphatic carbocycles. The van der Waals surface area contributed by atoms with Gasteiger partial charge in [0.25, 0.3) is 0 Å². The third kappa shape index (κ3) is 2.66. The van der Waals surface area contributed by atoms with Gasteiger partial charge in [-0.3, -0.25) is 0 Å². The first-order chi connectivity index (χ1) is 9.36. The molecule has 0 radical (unpaired) electrons. The first-order valence-electron chi connectivity index (χ1n) is 6.14. The zero-order valence-electron chi connectivity index (χ0n) is 10.3. The van der Waals surface area contributed by atoms with E-state index in [1.54, 1.807) is 11.3 Å². The molecule has 1 fully saturated rings. The maximum absolute atomic E-state index is 8.79. The molecule has 1 aliphatic rings. The van der Waals surface area contributed by atoms with Crippen molar-refractivity contribution in [3.05, 3.63) is 40.2 Å². The SMILES string of the molecule is N#Cc1ccc(-c2csc(C3COCCN3)n2)cc1. The largest absolute Gasteiger partial charge is 0.378 e. The summed E-state index contributed by atoms with van der Waals surface area (Å²) in [6.07, 6.45) is 0. The third-order valence-corrected chi connectivity index (χ3v) is 4.01. The summed E-state index contributed by atoms with van der Waals surface area (Å²) in [6.45, 7) is 2.32. The summed E-state index contributed by atoms with van der Waals surface area (Å²) in [5.41, 5.74) is 2.66. The van der Waals surface area contributed by atoms with Crippen molar-refractivity contribution in [1.82, 2.24) is 10.3 Å². The topological polar surface area (TPSA) is 57.9 Å². The van der Waals surface area contributed by atoms with Gasteiger partial charge in [-0.1, -0.05) is 12.1 Å². The molecule has 2 heterocycles. The van der Waals surface area contributed by atoms with Crippen molar-refractivity contribution < 1.29 is 4.74 Å². The second-order valence-corrected chi connectivity index (χ2v) is 5.23. The molecule has 2 aromatic rings. The molecule has 1 atom stereocenters. The van der Waals surface area contributed by atoms with Crippen molar-refractivity contribution in [2.75, 3.05) is 19.8 Å². The van der Waals surface area contributed by atoms with E-state index in [0.29, 0.717) is 12.2 Å². The van der Waals surface area contributed by atoms with Gasteiger partial charge in [0.15, 0.2) is 0 Å². The van der Waals surface area contributed by atoms with Gasteiger partial charge in [0.1, 0.15) is 5.01 Å². The molecule has 5 heteroatoms. The summed E-state index contributed by atoms with van der Waals surface area (Å²) in [5, 5.41) is 15.3. The van der Waals surface area contributed by atoms with Crippen LogP contribution in [0.25, 0.3) is 11.3 Å². The second kappa shape index (κ2) is 5.49. The zero-order chi connectivity index (χ0) is 13.1. The van der Waals surface area contributed by atoms with Crippen LogP contribution in [0, 0.1) is 11.3 Å². The van der Waals surface area contributed by atoms with Crippen LogP contribution in [0.1, 0.15) is 16.6 Å². The minimum Gasteiger partial charge on any atom is -0.378 e. The molecule has 1 saturated heterocycles. The maximum atomic E-state index is 8.79. The normalized spacial score (nSPS) is 19.0. The summed E-state index contributed by atoms with van der Waals surface area (Å²) in [6, 6.07) is 9.82. The van der Waals surface area contributed by atoms with Gasteiger partial charge in [-0.05, 0) is 12.1 Å². The number of rotatable bonds is 2. The number of aromatic nitrogens is 1. The smallest absolute Gasteiger partial charge is 0.113 e. The van der Waals surface area contributed by atoms with Crippen LogP contribution < -0.4 is 5.32 Å². The van der Waals surface area contributed by atoms with Crippen molar-refractivity contribution >= 4 is 11.3 Å². The molecule has 3 rings (SSSR count). The number of ether oxygens (including phenoxy) is 1. The van der Waals surface area contributed by atoms with Gasteiger partial charge in [-0.25, -0.2) is 4.98 Å². The highest BCUT2D eigenvalue weighted by atomic mass is 32.1. The van der Waals surface area contributed by atoms with Crippen molar-refractivity contribution in [3.8, 4) is 17.3 Å². The molecule has 1 aromatic carbocycles. The molecular weight excluding hydrogens is 258 g/mol. The quantitative estimate of drug-likeness (QED) is 0.911. The Labute approximate surface area is 115 Å². The molecule has 1 unspecified atom stereocenters. The highest BCUT2D eigenvalue weighted by Gasteiger charge is 2.18. The Balaban J connectivity index is 1.81. The number of nitrogens with one attached hydrogen (secondary N) is 1. The van der Waals surface area contributed by atoms with Crippen LogP contribution in [0.4, 0.5) is 0 Å². The van der Waals surface area contributed by atoms with Crippen molar-refractivity contribution in [2.24, 2.45) is 0 Å². The molecule has 4 nitrogen and oxygen atoms in total. The van der Waals surface area contributed by atoms with E-state index in [4.69, 9.17) is 10.00 Å². The lowest BCUT2D eigenvalue weighted by atomic mass is 10.1. The van der Waals surface area contributed by atoms with E-state index >= 15 is 0 Å². The molecule has 0 spiro atoms. The van der Waals surface area contributed by atoms with Crippen LogP contribution >= 0.6 is 11.3 Å². The Morgan fingerprint density at radius 3 is 2.89 bits per heavy atom. The lowest BCUT2D eigenvalue weighted by Crippen LogP contribution is -2.34. The Hall–Kier alpha value is -1.74. The van der Waals surface area contributed by atoms with E-state index in [1.165, 1.54) is 0 Å². The van der Waals surface area contributed by atoms with Crippen molar-refractivity contribution in [3.63, 3.8) is 0 Å². The standard InChI is InChI=1S/C14H13N3OS/c15-7-10-1-3-11(4-2-10)13-9-19-14(17-13)12-8-18-6-5-16-12/h1-4,9,12,16H,5-6,8H2. The average molecular weight is 271 g/mol. The first-order valence-corrected chi connectivity index (χ1v) is 7.02. The molecule has 0 amide bonds. The van der Waals surface area contributed by atoms with Gasteiger partial charge in [0.05, 0.1) is 36.6 Å². The molecule has 0 saturated carbocycles. The van der Waals surface area contributed by atoms with E-state index in [1.807, 2.05) is 29.6 Å². The molecule has 1 N–H and O–H groups in total. The fourth-order valence-electron chi connectivity index (χ4n) is 2.02. The fraction of sp³-hybridized carbons (Fsp3) is 0.286. The summed E-state index contributed by atoms with van der Waals surface area (Å²) in [5.74, 6) is 0. The molecule has 1 aliphatic heterocycles. The molecule has 19 heavy (non-hydrogen) atoms. The minimum atomic E-state index is 0.200. The predicted octanol–water partition coefficient (Wildman–Crippen LogP) is 2.34. The van der Waals surface area contributed by atoms with Gasteiger partial charge in [0.2, 0.25) is 0 Å². The Morgan fingerprint density at radius 2 is 2.21 bits per heavy atom. The van der Waals surface area contributed by atoms with Crippen molar-refractivity contribution in [2.45, 2.75) is 6.04 Å². The number of nitrogens with zero attached hydrogens (tertiary/aromatic N) is 2. The predicted molar refractivity (Wildman–Crippen MR) is 73.8 cm³/mol. The van der Waals surface area contributed by atoms with Crippen LogP contribution in [0.3, 0.4) is 0 Å². The van der Waals surface area contributed by atoms with Crippen LogP contribution in [0.2, 0.25) is 0 Å². The molecule has 1 aromatic heterocycles. The monoisotopic (exact) mass is 271 g/mol. The highest BCUT2D eigenvalue weighted by Crippen LogP contribution is 2.26. The Kier molecular flexibility index (Phi) is 3.56. The van der Waals surface area contributed by atoms with Crippen LogP contribution in [0.15, 0.2) is 29.6 Å². The third-order valence-electron chi connectivity index (χ3n) is 3.05. The number of nitriles is 1. The average Bonchev–Trinajstić information content (AvgIpc) is 2.98. The maximum Gasteiger partial charge on any atom is 0.113 e. The number of benzene rings is 1. The van der Waals surface area contributed by atoms with E-state index in [0.717, 1.165) is 29.4 Å². The first kappa shape index (κ1) is 12.3.